The van der Waals surface area contributed by atoms with Crippen molar-refractivity contribution in [2.24, 2.45) is 5.92 Å². The highest BCUT2D eigenvalue weighted by Gasteiger charge is 2.44. The van der Waals surface area contributed by atoms with Crippen molar-refractivity contribution in [1.29, 1.82) is 5.26 Å². The second kappa shape index (κ2) is 13.7. The summed E-state index contributed by atoms with van der Waals surface area (Å²) in [5, 5.41) is 20.8. The summed E-state index contributed by atoms with van der Waals surface area (Å²) in [6.45, 7) is 2.87. The quantitative estimate of drug-likeness (QED) is 0.310. The molecule has 1 atom stereocenters. The van der Waals surface area contributed by atoms with E-state index in [9.17, 15) is 14.9 Å². The first-order valence-corrected chi connectivity index (χ1v) is 18.2. The number of nitrogens with one attached hydrogen (secondary N) is 2. The van der Waals surface area contributed by atoms with Gasteiger partial charge in [0.1, 0.15) is 11.9 Å². The molecule has 0 spiro atoms. The fraction of sp³-hybridized carbons (Fsp3) is 0.500. The number of piperidine rings is 1. The number of carbonyl (C=O) groups excluding carboxylic acids is 2. The Morgan fingerprint density at radius 3 is 2.45 bits per heavy atom. The number of pyridine rings is 1. The number of nitrogens with zero attached hydrogens (tertiary/aromatic N) is 7. The highest BCUT2D eigenvalue weighted by atomic mass is 19.3. The van der Waals surface area contributed by atoms with Crippen molar-refractivity contribution in [1.82, 2.24) is 35.2 Å². The van der Waals surface area contributed by atoms with Gasteiger partial charge in [-0.2, -0.15) is 15.0 Å². The van der Waals surface area contributed by atoms with E-state index in [0.29, 0.717) is 88.5 Å². The van der Waals surface area contributed by atoms with Crippen LogP contribution >= 0.6 is 0 Å². The average Bonchev–Trinajstić information content (AvgIpc) is 3.86. The van der Waals surface area contributed by atoms with Gasteiger partial charge in [-0.15, -0.1) is 0 Å². The van der Waals surface area contributed by atoms with Crippen LogP contribution in [0.1, 0.15) is 68.4 Å². The number of nitriles is 1. The third-order valence-electron chi connectivity index (χ3n) is 11.2. The predicted molar refractivity (Wildman–Crippen MR) is 188 cm³/mol. The SMILES string of the molecule is N#Cc1cnc2c(cnn2C2=CC(NC3CC3)=CCN2C2CCC(C(F)(F)CN3CCN(c4ccc(C5CCC(=O)NC5=O)cc4)CC3)CC2)c1. The molecule has 2 N–H and O–H groups in total. The van der Waals surface area contributed by atoms with Gasteiger partial charge in [-0.25, -0.2) is 13.8 Å². The van der Waals surface area contributed by atoms with Crippen LogP contribution < -0.4 is 15.5 Å². The molecule has 11 nitrogen and oxygen atoms in total. The van der Waals surface area contributed by atoms with E-state index in [1.165, 1.54) is 0 Å². The third kappa shape index (κ3) is 7.06. The molecular weight excluding hydrogens is 652 g/mol. The molecule has 5 aliphatic rings. The number of aromatic nitrogens is 3. The van der Waals surface area contributed by atoms with Gasteiger partial charge >= 0.3 is 0 Å². The maximum absolute atomic E-state index is 15.9. The fourth-order valence-corrected chi connectivity index (χ4v) is 8.13. The molecule has 13 heteroatoms. The monoisotopic (exact) mass is 695 g/mol. The van der Waals surface area contributed by atoms with Gasteiger partial charge in [0.2, 0.25) is 11.8 Å². The van der Waals surface area contributed by atoms with Crippen molar-refractivity contribution in [2.45, 2.75) is 75.3 Å². The average molecular weight is 696 g/mol. The first-order chi connectivity index (χ1) is 24.7. The van der Waals surface area contributed by atoms with E-state index in [4.69, 9.17) is 0 Å². The normalized spacial score (nSPS) is 24.9. The standard InChI is InChI=1S/C38H43F2N9O2/c39-38(40,24-46-15-17-47(18-16-46)31-7-1-26(2-8-31)33-11-12-34(50)45-37(33)51)28-3-9-32(10-4-28)48-14-13-30(44-29-5-6-29)20-35(48)49-36-27(23-43-49)19-25(21-41)22-42-36/h1-2,7-8,13,19-20,22-23,28-29,32-33,44H,3-6,9-12,14-18,24H2,(H,45,50,51). The highest BCUT2D eigenvalue weighted by Crippen LogP contribution is 2.41. The van der Waals surface area contributed by atoms with Crippen LogP contribution in [0.3, 0.4) is 0 Å². The number of hydrogen-bond donors (Lipinski definition) is 2. The minimum atomic E-state index is -2.78. The topological polar surface area (TPSA) is 122 Å². The molecule has 5 heterocycles. The molecule has 1 aromatic carbocycles. The summed E-state index contributed by atoms with van der Waals surface area (Å²) >= 11 is 0. The fourth-order valence-electron chi connectivity index (χ4n) is 8.13. The minimum Gasteiger partial charge on any atom is -0.382 e. The lowest BCUT2D eigenvalue weighted by molar-refractivity contribution is -0.134. The van der Waals surface area contributed by atoms with Crippen molar-refractivity contribution in [3.63, 3.8) is 0 Å². The summed E-state index contributed by atoms with van der Waals surface area (Å²) in [4.78, 5) is 34.7. The van der Waals surface area contributed by atoms with E-state index in [0.717, 1.165) is 41.0 Å². The molecule has 3 aliphatic heterocycles. The molecule has 266 valence electrons. The predicted octanol–water partition coefficient (Wildman–Crippen LogP) is 4.59. The smallest absolute Gasteiger partial charge is 0.263 e. The first kappa shape index (κ1) is 33.3. The van der Waals surface area contributed by atoms with E-state index >= 15 is 8.78 Å². The Morgan fingerprint density at radius 2 is 1.75 bits per heavy atom. The third-order valence-corrected chi connectivity index (χ3v) is 11.2. The minimum absolute atomic E-state index is 0.101. The number of benzene rings is 1. The number of alkyl halides is 2. The first-order valence-electron chi connectivity index (χ1n) is 18.2. The zero-order chi connectivity index (χ0) is 35.1. The van der Waals surface area contributed by atoms with Gasteiger partial charge in [0.15, 0.2) is 5.65 Å². The molecule has 2 amide bonds. The number of allylic oxidation sites excluding steroid dienone is 1. The Morgan fingerprint density at radius 1 is 0.980 bits per heavy atom. The van der Waals surface area contributed by atoms with Crippen LogP contribution in [0.2, 0.25) is 0 Å². The van der Waals surface area contributed by atoms with Crippen LogP contribution in [-0.2, 0) is 9.59 Å². The van der Waals surface area contributed by atoms with Crippen LogP contribution in [0.25, 0.3) is 16.9 Å². The second-order valence-corrected chi connectivity index (χ2v) is 14.7. The van der Waals surface area contributed by atoms with Crippen molar-refractivity contribution in [3.8, 4) is 6.07 Å². The maximum atomic E-state index is 15.9. The molecule has 2 saturated heterocycles. The molecule has 4 fully saturated rings. The largest absolute Gasteiger partial charge is 0.382 e. The molecular formula is C38H43F2N9O2. The molecule has 2 aromatic heterocycles. The van der Waals surface area contributed by atoms with E-state index in [2.05, 4.69) is 48.7 Å². The number of carbonyl (C=O) groups is 2. The summed E-state index contributed by atoms with van der Waals surface area (Å²) in [5.74, 6) is -3.36. The van der Waals surface area contributed by atoms with Crippen LogP contribution in [0.5, 0.6) is 0 Å². The lowest BCUT2D eigenvalue weighted by atomic mass is 9.81. The van der Waals surface area contributed by atoms with Gasteiger partial charge in [-0.1, -0.05) is 12.1 Å². The Kier molecular flexibility index (Phi) is 8.96. The van der Waals surface area contributed by atoms with Crippen LogP contribution in [0.15, 0.2) is 60.6 Å². The molecule has 3 aromatic rings. The zero-order valence-corrected chi connectivity index (χ0v) is 28.6. The van der Waals surface area contributed by atoms with Crippen molar-refractivity contribution in [3.05, 3.63) is 71.7 Å². The van der Waals surface area contributed by atoms with E-state index < -0.39 is 11.8 Å². The Bertz CT molecular complexity index is 1900. The van der Waals surface area contributed by atoms with E-state index in [1.54, 1.807) is 18.5 Å². The van der Waals surface area contributed by atoms with Gasteiger partial charge < -0.3 is 15.1 Å². The van der Waals surface area contributed by atoms with Gasteiger partial charge in [-0.05, 0) is 74.8 Å². The number of piperazine rings is 1. The second-order valence-electron chi connectivity index (χ2n) is 14.7. The molecule has 2 saturated carbocycles. The maximum Gasteiger partial charge on any atom is 0.263 e. The molecule has 8 rings (SSSR count). The number of anilines is 1. The van der Waals surface area contributed by atoms with Crippen LogP contribution in [-0.4, -0.2) is 93.7 Å². The lowest BCUT2D eigenvalue weighted by Crippen LogP contribution is -2.52. The Balaban J connectivity index is 0.868. The van der Waals surface area contributed by atoms with Gasteiger partial charge in [0.25, 0.3) is 5.92 Å². The number of rotatable bonds is 9. The molecule has 0 radical (unpaired) electrons. The number of halogens is 2. The van der Waals surface area contributed by atoms with Gasteiger partial charge in [0.05, 0.1) is 24.2 Å². The van der Waals surface area contributed by atoms with Gasteiger partial charge in [0, 0.05) is 86.2 Å². The van der Waals surface area contributed by atoms with Crippen LogP contribution in [0.4, 0.5) is 14.5 Å². The highest BCUT2D eigenvalue weighted by molar-refractivity contribution is 6.01. The number of imide groups is 1. The molecule has 51 heavy (non-hydrogen) atoms. The summed E-state index contributed by atoms with van der Waals surface area (Å²) in [5.41, 5.74) is 4.09. The summed E-state index contributed by atoms with van der Waals surface area (Å²) < 4.78 is 33.6. The molecule has 2 aliphatic carbocycles. The molecule has 0 bridgehead atoms. The number of fused-ring (bicyclic) bond motifs is 1. The Hall–Kier alpha value is -4.83. The van der Waals surface area contributed by atoms with Crippen molar-refractivity contribution < 1.29 is 18.4 Å². The van der Waals surface area contributed by atoms with E-state index in [1.807, 2.05) is 33.8 Å². The Labute approximate surface area is 296 Å². The zero-order valence-electron chi connectivity index (χ0n) is 28.6. The van der Waals surface area contributed by atoms with E-state index in [-0.39, 0.29) is 30.3 Å². The molecule has 1 unspecified atom stereocenters. The van der Waals surface area contributed by atoms with Crippen molar-refractivity contribution >= 4 is 34.4 Å². The van der Waals surface area contributed by atoms with Crippen LogP contribution in [0, 0.1) is 17.2 Å². The number of hydrogen-bond acceptors (Lipinski definition) is 9. The number of amides is 2. The summed E-state index contributed by atoms with van der Waals surface area (Å²) in [6, 6.07) is 12.4. The van der Waals surface area contributed by atoms with Gasteiger partial charge in [-0.3, -0.25) is 19.8 Å². The summed E-state index contributed by atoms with van der Waals surface area (Å²) in [7, 11) is 0. The lowest BCUT2D eigenvalue weighted by Gasteiger charge is -2.43. The summed E-state index contributed by atoms with van der Waals surface area (Å²) in [6.07, 6.45) is 13.0. The van der Waals surface area contributed by atoms with Crippen molar-refractivity contribution in [2.75, 3.05) is 44.2 Å².